The Bertz CT molecular complexity index is 971. The van der Waals surface area contributed by atoms with Crippen LogP contribution in [0.3, 0.4) is 0 Å². The number of carboxylic acids is 1. The van der Waals surface area contributed by atoms with E-state index in [1.165, 1.54) is 23.8 Å². The van der Waals surface area contributed by atoms with Crippen molar-refractivity contribution < 1.29 is 18.7 Å². The maximum absolute atomic E-state index is 14.1. The molecule has 3 aromatic rings. The fourth-order valence-corrected chi connectivity index (χ4v) is 3.79. The third-order valence-corrected chi connectivity index (χ3v) is 5.00. The molecule has 3 nitrogen and oxygen atoms in total. The van der Waals surface area contributed by atoms with Crippen molar-refractivity contribution >= 4 is 16.9 Å². The molecule has 1 aliphatic carbocycles. The SMILES string of the molecule is O=C(O)c1ccc2c3c(n(Cc4c(F)cccc4F)c2c1)CCCC3. The van der Waals surface area contributed by atoms with Crippen LogP contribution in [0.15, 0.2) is 36.4 Å². The van der Waals surface area contributed by atoms with E-state index in [4.69, 9.17) is 0 Å². The Morgan fingerprint density at radius 1 is 1.08 bits per heavy atom. The fourth-order valence-electron chi connectivity index (χ4n) is 3.79. The molecule has 0 saturated heterocycles. The van der Waals surface area contributed by atoms with E-state index in [0.29, 0.717) is 0 Å². The summed E-state index contributed by atoms with van der Waals surface area (Å²) in [5, 5.41) is 10.3. The molecule has 0 unspecified atom stereocenters. The van der Waals surface area contributed by atoms with Crippen LogP contribution >= 0.6 is 0 Å². The summed E-state index contributed by atoms with van der Waals surface area (Å²) in [5.41, 5.74) is 3.15. The number of nitrogens with zero attached hydrogens (tertiary/aromatic N) is 1. The number of fused-ring (bicyclic) bond motifs is 3. The molecule has 1 aliphatic rings. The molecule has 5 heteroatoms. The van der Waals surface area contributed by atoms with Crippen molar-refractivity contribution in [2.45, 2.75) is 32.2 Å². The lowest BCUT2D eigenvalue weighted by Gasteiger charge is -2.16. The zero-order valence-corrected chi connectivity index (χ0v) is 13.6. The first-order valence-corrected chi connectivity index (χ1v) is 8.36. The second-order valence-corrected chi connectivity index (χ2v) is 6.46. The fraction of sp³-hybridized carbons (Fsp3) is 0.250. The van der Waals surface area contributed by atoms with Crippen LogP contribution in [-0.4, -0.2) is 15.6 Å². The number of aryl methyl sites for hydroxylation is 1. The number of halogens is 2. The highest BCUT2D eigenvalue weighted by atomic mass is 19.1. The topological polar surface area (TPSA) is 42.2 Å². The predicted octanol–water partition coefficient (Wildman–Crippen LogP) is 4.54. The number of carboxylic acid groups (broad SMARTS) is 1. The number of carbonyl (C=O) groups is 1. The standard InChI is InChI=1S/C20H17F2NO2/c21-16-5-3-6-17(22)15(16)11-23-18-7-2-1-4-13(18)14-9-8-12(20(24)25)10-19(14)23/h3,5-6,8-10H,1-2,4,7,11H2,(H,24,25). The van der Waals surface area contributed by atoms with Crippen molar-refractivity contribution in [3.8, 4) is 0 Å². The third kappa shape index (κ3) is 2.60. The first-order chi connectivity index (χ1) is 12.1. The molecule has 0 fully saturated rings. The highest BCUT2D eigenvalue weighted by molar-refractivity contribution is 5.95. The Balaban J connectivity index is 1.95. The molecule has 1 heterocycles. The summed E-state index contributed by atoms with van der Waals surface area (Å²) in [6, 6.07) is 8.86. The summed E-state index contributed by atoms with van der Waals surface area (Å²) in [7, 11) is 0. The number of hydrogen-bond donors (Lipinski definition) is 1. The van der Waals surface area contributed by atoms with E-state index in [1.54, 1.807) is 12.1 Å². The molecular formula is C20H17F2NO2. The summed E-state index contributed by atoms with van der Waals surface area (Å²) >= 11 is 0. The van der Waals surface area contributed by atoms with Crippen LogP contribution in [0, 0.1) is 11.6 Å². The van der Waals surface area contributed by atoms with Crippen LogP contribution in [0.2, 0.25) is 0 Å². The average molecular weight is 341 g/mol. The van der Waals surface area contributed by atoms with Gasteiger partial charge in [-0.25, -0.2) is 13.6 Å². The Hall–Kier alpha value is -2.69. The van der Waals surface area contributed by atoms with E-state index < -0.39 is 17.6 Å². The lowest BCUT2D eigenvalue weighted by molar-refractivity contribution is 0.0697. The van der Waals surface area contributed by atoms with Crippen molar-refractivity contribution in [3.05, 3.63) is 70.4 Å². The summed E-state index contributed by atoms with van der Waals surface area (Å²) in [6.45, 7) is 0.0629. The van der Waals surface area contributed by atoms with Crippen molar-refractivity contribution in [2.75, 3.05) is 0 Å². The van der Waals surface area contributed by atoms with Gasteiger partial charge in [0.15, 0.2) is 0 Å². The zero-order valence-electron chi connectivity index (χ0n) is 13.6. The minimum Gasteiger partial charge on any atom is -0.478 e. The molecule has 25 heavy (non-hydrogen) atoms. The molecule has 128 valence electrons. The summed E-state index contributed by atoms with van der Waals surface area (Å²) in [4.78, 5) is 11.3. The molecule has 1 aromatic heterocycles. The first-order valence-electron chi connectivity index (χ1n) is 8.36. The quantitative estimate of drug-likeness (QED) is 0.760. The Labute approximate surface area is 143 Å². The molecule has 2 aromatic carbocycles. The van der Waals surface area contributed by atoms with E-state index in [0.717, 1.165) is 42.3 Å². The van der Waals surface area contributed by atoms with Crippen LogP contribution in [0.25, 0.3) is 10.9 Å². The monoisotopic (exact) mass is 341 g/mol. The largest absolute Gasteiger partial charge is 0.478 e. The van der Waals surface area contributed by atoms with Gasteiger partial charge in [-0.1, -0.05) is 12.1 Å². The molecular weight excluding hydrogens is 324 g/mol. The molecule has 0 bridgehead atoms. The molecule has 1 N–H and O–H groups in total. The number of aromatic nitrogens is 1. The maximum atomic E-state index is 14.1. The molecule has 4 rings (SSSR count). The summed E-state index contributed by atoms with van der Waals surface area (Å²) in [6.07, 6.45) is 3.84. The van der Waals surface area contributed by atoms with E-state index in [1.807, 2.05) is 10.6 Å². The number of aromatic carboxylic acids is 1. The highest BCUT2D eigenvalue weighted by Crippen LogP contribution is 2.34. The number of benzene rings is 2. The lowest BCUT2D eigenvalue weighted by atomic mass is 9.95. The smallest absolute Gasteiger partial charge is 0.335 e. The molecule has 0 atom stereocenters. The van der Waals surface area contributed by atoms with Gasteiger partial charge in [-0.05, 0) is 55.5 Å². The number of rotatable bonds is 3. The molecule has 0 spiro atoms. The summed E-state index contributed by atoms with van der Waals surface area (Å²) < 4.78 is 30.2. The van der Waals surface area contributed by atoms with E-state index >= 15 is 0 Å². The van der Waals surface area contributed by atoms with Gasteiger partial charge in [-0.2, -0.15) is 0 Å². The van der Waals surface area contributed by atoms with Gasteiger partial charge < -0.3 is 9.67 Å². The van der Waals surface area contributed by atoms with Gasteiger partial charge in [-0.15, -0.1) is 0 Å². The summed E-state index contributed by atoms with van der Waals surface area (Å²) in [5.74, 6) is -2.17. The Morgan fingerprint density at radius 2 is 1.80 bits per heavy atom. The number of hydrogen-bond acceptors (Lipinski definition) is 1. The van der Waals surface area contributed by atoms with Crippen LogP contribution in [0.1, 0.15) is 40.0 Å². The third-order valence-electron chi connectivity index (χ3n) is 5.00. The van der Waals surface area contributed by atoms with Gasteiger partial charge in [0.25, 0.3) is 0 Å². The minimum absolute atomic E-state index is 0.00787. The van der Waals surface area contributed by atoms with Crippen LogP contribution in [-0.2, 0) is 19.4 Å². The molecule has 0 radical (unpaired) electrons. The van der Waals surface area contributed by atoms with Crippen LogP contribution < -0.4 is 0 Å². The van der Waals surface area contributed by atoms with E-state index in [2.05, 4.69) is 0 Å². The zero-order chi connectivity index (χ0) is 17.6. The molecule has 0 saturated carbocycles. The predicted molar refractivity (Wildman–Crippen MR) is 91.0 cm³/mol. The van der Waals surface area contributed by atoms with Gasteiger partial charge in [-0.3, -0.25) is 0 Å². The van der Waals surface area contributed by atoms with E-state index in [-0.39, 0.29) is 17.7 Å². The van der Waals surface area contributed by atoms with Gasteiger partial charge in [0, 0.05) is 22.2 Å². The van der Waals surface area contributed by atoms with Gasteiger partial charge in [0.2, 0.25) is 0 Å². The Kier molecular flexibility index (Phi) is 3.79. The second kappa shape index (κ2) is 5.99. The normalized spacial score (nSPS) is 13.8. The van der Waals surface area contributed by atoms with Crippen molar-refractivity contribution in [3.63, 3.8) is 0 Å². The van der Waals surface area contributed by atoms with Crippen molar-refractivity contribution in [1.29, 1.82) is 0 Å². The minimum atomic E-state index is -1.01. The van der Waals surface area contributed by atoms with Crippen molar-refractivity contribution in [2.24, 2.45) is 0 Å². The second-order valence-electron chi connectivity index (χ2n) is 6.46. The lowest BCUT2D eigenvalue weighted by Crippen LogP contribution is -2.11. The first kappa shape index (κ1) is 15.8. The highest BCUT2D eigenvalue weighted by Gasteiger charge is 2.22. The average Bonchev–Trinajstić information content (AvgIpc) is 2.91. The molecule has 0 aliphatic heterocycles. The Morgan fingerprint density at radius 3 is 2.52 bits per heavy atom. The van der Waals surface area contributed by atoms with Crippen molar-refractivity contribution in [1.82, 2.24) is 4.57 Å². The van der Waals surface area contributed by atoms with Gasteiger partial charge >= 0.3 is 5.97 Å². The maximum Gasteiger partial charge on any atom is 0.335 e. The molecule has 0 amide bonds. The van der Waals surface area contributed by atoms with Crippen LogP contribution in [0.5, 0.6) is 0 Å². The van der Waals surface area contributed by atoms with Gasteiger partial charge in [0.1, 0.15) is 11.6 Å². The van der Waals surface area contributed by atoms with Gasteiger partial charge in [0.05, 0.1) is 12.1 Å². The van der Waals surface area contributed by atoms with Crippen LogP contribution in [0.4, 0.5) is 8.78 Å². The van der Waals surface area contributed by atoms with E-state index in [9.17, 15) is 18.7 Å².